The molecule has 0 spiro atoms. The second kappa shape index (κ2) is 6.95. The molecule has 1 N–H and O–H groups in total. The lowest BCUT2D eigenvalue weighted by Gasteiger charge is -2.07. The first kappa shape index (κ1) is 15.1. The molecular formula is C14H16BrF2N3. The van der Waals surface area contributed by atoms with Crippen molar-refractivity contribution in [1.82, 2.24) is 14.9 Å². The average Bonchev–Trinajstić information content (AvgIpc) is 2.87. The largest absolute Gasteiger partial charge is 0.333 e. The minimum absolute atomic E-state index is 0.0323. The molecule has 2 aromatic rings. The van der Waals surface area contributed by atoms with Crippen LogP contribution in [0.1, 0.15) is 24.6 Å². The molecule has 2 rings (SSSR count). The van der Waals surface area contributed by atoms with Crippen molar-refractivity contribution in [2.45, 2.75) is 26.4 Å². The molecule has 1 heterocycles. The summed E-state index contributed by atoms with van der Waals surface area (Å²) in [4.78, 5) is 4.21. The zero-order valence-corrected chi connectivity index (χ0v) is 12.8. The molecule has 0 bridgehead atoms. The van der Waals surface area contributed by atoms with Crippen LogP contribution >= 0.6 is 15.9 Å². The molecule has 0 radical (unpaired) electrons. The Hall–Kier alpha value is -1.27. The van der Waals surface area contributed by atoms with Gasteiger partial charge in [0.15, 0.2) is 0 Å². The van der Waals surface area contributed by atoms with Crippen molar-refractivity contribution in [3.63, 3.8) is 0 Å². The van der Waals surface area contributed by atoms with E-state index in [-0.39, 0.29) is 16.6 Å². The fraction of sp³-hybridized carbons (Fsp3) is 0.357. The highest BCUT2D eigenvalue weighted by atomic mass is 79.9. The fourth-order valence-corrected chi connectivity index (χ4v) is 2.25. The Morgan fingerprint density at radius 2 is 2.15 bits per heavy atom. The van der Waals surface area contributed by atoms with Gasteiger partial charge in [-0.25, -0.2) is 13.8 Å². The zero-order chi connectivity index (χ0) is 14.5. The highest BCUT2D eigenvalue weighted by Crippen LogP contribution is 2.22. The lowest BCUT2D eigenvalue weighted by molar-refractivity contribution is 0.540. The number of rotatable bonds is 6. The van der Waals surface area contributed by atoms with Crippen LogP contribution in [0.2, 0.25) is 0 Å². The van der Waals surface area contributed by atoms with Gasteiger partial charge in [-0.05, 0) is 41.0 Å². The maximum atomic E-state index is 13.9. The van der Waals surface area contributed by atoms with Crippen LogP contribution < -0.4 is 5.32 Å². The van der Waals surface area contributed by atoms with Gasteiger partial charge in [0.2, 0.25) is 0 Å². The molecule has 3 nitrogen and oxygen atoms in total. The predicted octanol–water partition coefficient (Wildman–Crippen LogP) is 3.47. The number of aromatic nitrogens is 2. The van der Waals surface area contributed by atoms with Crippen molar-refractivity contribution >= 4 is 15.9 Å². The second-order valence-electron chi connectivity index (χ2n) is 4.54. The summed E-state index contributed by atoms with van der Waals surface area (Å²) in [6.07, 6.45) is 4.43. The van der Waals surface area contributed by atoms with Crippen molar-refractivity contribution in [3.8, 4) is 0 Å². The number of hydrogen-bond acceptors (Lipinski definition) is 2. The van der Waals surface area contributed by atoms with E-state index in [4.69, 9.17) is 0 Å². The summed E-state index contributed by atoms with van der Waals surface area (Å²) in [5, 5.41) is 3.23. The number of hydrogen-bond donors (Lipinski definition) is 1. The molecule has 0 aliphatic carbocycles. The Balaban J connectivity index is 2.09. The van der Waals surface area contributed by atoms with Gasteiger partial charge in [-0.3, -0.25) is 0 Å². The third kappa shape index (κ3) is 3.64. The second-order valence-corrected chi connectivity index (χ2v) is 5.39. The molecule has 0 amide bonds. The highest BCUT2D eigenvalue weighted by Gasteiger charge is 2.13. The lowest BCUT2D eigenvalue weighted by Crippen LogP contribution is -2.13. The molecule has 0 atom stereocenters. The third-order valence-electron chi connectivity index (χ3n) is 2.90. The van der Waals surface area contributed by atoms with E-state index >= 15 is 0 Å². The molecule has 0 saturated heterocycles. The van der Waals surface area contributed by atoms with E-state index in [1.165, 1.54) is 12.1 Å². The van der Waals surface area contributed by atoms with E-state index in [2.05, 4.69) is 33.2 Å². The first-order valence-electron chi connectivity index (χ1n) is 6.45. The van der Waals surface area contributed by atoms with E-state index in [0.717, 1.165) is 18.7 Å². The summed E-state index contributed by atoms with van der Waals surface area (Å²) in [6, 6.07) is 2.62. The normalized spacial score (nSPS) is 11.0. The number of nitrogens with one attached hydrogen (secondary N) is 1. The molecule has 0 unspecified atom stereocenters. The zero-order valence-electron chi connectivity index (χ0n) is 11.2. The van der Waals surface area contributed by atoms with E-state index in [1.54, 1.807) is 17.1 Å². The molecular weight excluding hydrogens is 328 g/mol. The first-order chi connectivity index (χ1) is 9.61. The summed E-state index contributed by atoms with van der Waals surface area (Å²) in [6.45, 7) is 3.79. The van der Waals surface area contributed by atoms with Gasteiger partial charge in [-0.15, -0.1) is 0 Å². The van der Waals surface area contributed by atoms with E-state index in [1.807, 2.05) is 0 Å². The van der Waals surface area contributed by atoms with E-state index in [9.17, 15) is 8.78 Å². The summed E-state index contributed by atoms with van der Waals surface area (Å²) in [5.41, 5.74) is 0.888. The van der Waals surface area contributed by atoms with Gasteiger partial charge < -0.3 is 9.88 Å². The number of imidazole rings is 1. The van der Waals surface area contributed by atoms with Crippen LogP contribution in [0.25, 0.3) is 0 Å². The summed E-state index contributed by atoms with van der Waals surface area (Å²) in [5.74, 6) is -1.12. The molecule has 6 heteroatoms. The Bertz CT molecular complexity index is 584. The maximum absolute atomic E-state index is 13.9. The van der Waals surface area contributed by atoms with E-state index in [0.29, 0.717) is 6.54 Å². The Labute approximate surface area is 125 Å². The van der Waals surface area contributed by atoms with Crippen molar-refractivity contribution in [1.29, 1.82) is 0 Å². The molecule has 0 aliphatic rings. The Morgan fingerprint density at radius 3 is 2.90 bits per heavy atom. The average molecular weight is 344 g/mol. The van der Waals surface area contributed by atoms with Crippen molar-refractivity contribution in [2.24, 2.45) is 0 Å². The Morgan fingerprint density at radius 1 is 1.35 bits per heavy atom. The highest BCUT2D eigenvalue weighted by molar-refractivity contribution is 9.10. The van der Waals surface area contributed by atoms with E-state index < -0.39 is 11.6 Å². The van der Waals surface area contributed by atoms with Gasteiger partial charge >= 0.3 is 0 Å². The standard InChI is InChI=1S/C14H16BrF2N3/c1-2-5-18-6-10-7-20(9-19-10)8-11-13(16)4-3-12(15)14(11)17/h3-4,7,9,18H,2,5-6,8H2,1H3. The van der Waals surface area contributed by atoms with Gasteiger partial charge in [0.05, 0.1) is 23.0 Å². The summed E-state index contributed by atoms with van der Waals surface area (Å²) in [7, 11) is 0. The number of halogens is 3. The third-order valence-corrected chi connectivity index (χ3v) is 3.51. The SMILES string of the molecule is CCCNCc1cn(Cc2c(F)ccc(Br)c2F)cn1. The van der Waals surface area contributed by atoms with Crippen LogP contribution in [-0.2, 0) is 13.1 Å². The van der Waals surface area contributed by atoms with Crippen LogP contribution in [-0.4, -0.2) is 16.1 Å². The van der Waals surface area contributed by atoms with Gasteiger partial charge in [0.25, 0.3) is 0 Å². The fourth-order valence-electron chi connectivity index (χ4n) is 1.87. The van der Waals surface area contributed by atoms with Crippen LogP contribution in [0, 0.1) is 11.6 Å². The molecule has 1 aromatic heterocycles. The van der Waals surface area contributed by atoms with Gasteiger partial charge in [-0.2, -0.15) is 0 Å². The van der Waals surface area contributed by atoms with Crippen LogP contribution in [0.15, 0.2) is 29.1 Å². The van der Waals surface area contributed by atoms with Crippen molar-refractivity contribution in [3.05, 3.63) is 52.0 Å². The summed E-state index contributed by atoms with van der Waals surface area (Å²) >= 11 is 3.06. The quantitative estimate of drug-likeness (QED) is 0.642. The van der Waals surface area contributed by atoms with Crippen LogP contribution in [0.5, 0.6) is 0 Å². The van der Waals surface area contributed by atoms with Crippen LogP contribution in [0.3, 0.4) is 0 Å². The molecule has 1 aromatic carbocycles. The monoisotopic (exact) mass is 343 g/mol. The Kier molecular flexibility index (Phi) is 5.25. The minimum atomic E-state index is -0.565. The summed E-state index contributed by atoms with van der Waals surface area (Å²) < 4.78 is 29.5. The van der Waals surface area contributed by atoms with Crippen molar-refractivity contribution < 1.29 is 8.78 Å². The molecule has 0 saturated carbocycles. The lowest BCUT2D eigenvalue weighted by atomic mass is 10.2. The topological polar surface area (TPSA) is 29.9 Å². The minimum Gasteiger partial charge on any atom is -0.333 e. The van der Waals surface area contributed by atoms with Gasteiger partial charge in [0, 0.05) is 18.3 Å². The van der Waals surface area contributed by atoms with Gasteiger partial charge in [-0.1, -0.05) is 6.92 Å². The van der Waals surface area contributed by atoms with Gasteiger partial charge in [0.1, 0.15) is 11.6 Å². The van der Waals surface area contributed by atoms with Crippen molar-refractivity contribution in [2.75, 3.05) is 6.54 Å². The first-order valence-corrected chi connectivity index (χ1v) is 7.25. The molecule has 0 fully saturated rings. The molecule has 108 valence electrons. The predicted molar refractivity (Wildman–Crippen MR) is 77.4 cm³/mol. The number of benzene rings is 1. The maximum Gasteiger partial charge on any atom is 0.145 e. The molecule has 20 heavy (non-hydrogen) atoms. The smallest absolute Gasteiger partial charge is 0.145 e. The van der Waals surface area contributed by atoms with Crippen LogP contribution in [0.4, 0.5) is 8.78 Å². The molecule has 0 aliphatic heterocycles. The number of nitrogens with zero attached hydrogens (tertiary/aromatic N) is 2.